The molecule has 0 spiro atoms. The van der Waals surface area contributed by atoms with Gasteiger partial charge in [0.25, 0.3) is 0 Å². The fourth-order valence-corrected chi connectivity index (χ4v) is 3.94. The van der Waals surface area contributed by atoms with E-state index >= 15 is 0 Å². The van der Waals surface area contributed by atoms with Gasteiger partial charge in [0.05, 0.1) is 19.8 Å². The van der Waals surface area contributed by atoms with Crippen molar-refractivity contribution in [3.8, 4) is 0 Å². The molecule has 3 aliphatic rings. The second-order valence-corrected chi connectivity index (χ2v) is 7.03. The first-order valence-corrected chi connectivity index (χ1v) is 9.03. The third-order valence-electron chi connectivity index (χ3n) is 5.34. The maximum absolute atomic E-state index is 12.1. The Morgan fingerprint density at radius 3 is 2.36 bits per heavy atom. The summed E-state index contributed by atoms with van der Waals surface area (Å²) in [6.45, 7) is 4.84. The van der Waals surface area contributed by atoms with Crippen molar-refractivity contribution in [3.63, 3.8) is 0 Å². The highest BCUT2D eigenvalue weighted by Crippen LogP contribution is 2.25. The van der Waals surface area contributed by atoms with E-state index in [1.54, 1.807) is 0 Å². The van der Waals surface area contributed by atoms with Crippen LogP contribution in [0.25, 0.3) is 0 Å². The molecule has 0 radical (unpaired) electrons. The van der Waals surface area contributed by atoms with E-state index in [1.807, 2.05) is 0 Å². The van der Waals surface area contributed by atoms with Crippen molar-refractivity contribution < 1.29 is 14.3 Å². The number of amides is 1. The molecule has 0 bridgehead atoms. The molecule has 1 saturated carbocycles. The van der Waals surface area contributed by atoms with Gasteiger partial charge in [0.1, 0.15) is 0 Å². The lowest BCUT2D eigenvalue weighted by Crippen LogP contribution is -2.44. The van der Waals surface area contributed by atoms with E-state index in [0.29, 0.717) is 18.4 Å². The molecule has 3 rings (SSSR count). The zero-order valence-corrected chi connectivity index (χ0v) is 13.6. The molecule has 2 saturated heterocycles. The Balaban J connectivity index is 1.30. The van der Waals surface area contributed by atoms with Crippen LogP contribution in [0.15, 0.2) is 0 Å². The molecular weight excluding hydrogens is 280 g/mol. The summed E-state index contributed by atoms with van der Waals surface area (Å²) < 4.78 is 11.2. The minimum absolute atomic E-state index is 0.00211. The van der Waals surface area contributed by atoms with E-state index < -0.39 is 0 Å². The first kappa shape index (κ1) is 16.2. The predicted molar refractivity (Wildman–Crippen MR) is 84.4 cm³/mol. The second-order valence-electron chi connectivity index (χ2n) is 7.03. The molecule has 2 aliphatic heterocycles. The Kier molecular flexibility index (Phi) is 6.10. The summed E-state index contributed by atoms with van der Waals surface area (Å²) in [6.07, 6.45) is 8.75. The van der Waals surface area contributed by atoms with Gasteiger partial charge >= 0.3 is 0 Å². The van der Waals surface area contributed by atoms with E-state index in [0.717, 1.165) is 45.7 Å². The number of hydrogen-bond acceptors (Lipinski definition) is 4. The molecular formula is C17H30N2O3. The number of hydrogen-bond donors (Lipinski definition) is 1. The van der Waals surface area contributed by atoms with Crippen molar-refractivity contribution in [1.29, 1.82) is 0 Å². The summed E-state index contributed by atoms with van der Waals surface area (Å²) in [5.74, 6) is 1.40. The normalized spacial score (nSPS) is 26.4. The third kappa shape index (κ3) is 4.67. The molecule has 1 N–H and O–H groups in total. The zero-order chi connectivity index (χ0) is 15.2. The van der Waals surface area contributed by atoms with Gasteiger partial charge in [-0.15, -0.1) is 0 Å². The Hall–Kier alpha value is -0.650. The Bertz CT molecular complexity index is 344. The summed E-state index contributed by atoms with van der Waals surface area (Å²) in [6, 6.07) is 0. The summed E-state index contributed by atoms with van der Waals surface area (Å²) in [5.41, 5.74) is 0. The van der Waals surface area contributed by atoms with Crippen molar-refractivity contribution in [3.05, 3.63) is 0 Å². The molecule has 126 valence electrons. The first-order chi connectivity index (χ1) is 10.8. The van der Waals surface area contributed by atoms with Crippen LogP contribution >= 0.6 is 0 Å². The number of likely N-dealkylation sites (tertiary alicyclic amines) is 1. The zero-order valence-electron chi connectivity index (χ0n) is 13.6. The standard InChI is InChI=1S/C17H30N2O3/c20-16(18-12-14-4-2-1-3-5-14)13-19-8-6-15(7-9-19)17-21-10-11-22-17/h14-15,17H,1-13H2,(H,18,20). The van der Waals surface area contributed by atoms with Gasteiger partial charge in [0.15, 0.2) is 6.29 Å². The summed E-state index contributed by atoms with van der Waals surface area (Å²) in [4.78, 5) is 14.4. The molecule has 3 fully saturated rings. The highest BCUT2D eigenvalue weighted by molar-refractivity contribution is 5.78. The van der Waals surface area contributed by atoms with Crippen LogP contribution < -0.4 is 5.32 Å². The van der Waals surface area contributed by atoms with Crippen molar-refractivity contribution >= 4 is 5.91 Å². The lowest BCUT2D eigenvalue weighted by Gasteiger charge is -2.33. The fraction of sp³-hybridized carbons (Fsp3) is 0.941. The molecule has 0 aromatic rings. The smallest absolute Gasteiger partial charge is 0.234 e. The Morgan fingerprint density at radius 1 is 1.00 bits per heavy atom. The highest BCUT2D eigenvalue weighted by Gasteiger charge is 2.30. The second kappa shape index (κ2) is 8.27. The van der Waals surface area contributed by atoms with Crippen LogP contribution in [-0.2, 0) is 14.3 Å². The van der Waals surface area contributed by atoms with E-state index in [9.17, 15) is 4.79 Å². The Labute approximate surface area is 133 Å². The van der Waals surface area contributed by atoms with Crippen LogP contribution in [-0.4, -0.2) is 56.5 Å². The van der Waals surface area contributed by atoms with Crippen LogP contribution in [0.1, 0.15) is 44.9 Å². The van der Waals surface area contributed by atoms with Gasteiger partial charge in [0.2, 0.25) is 5.91 Å². The van der Waals surface area contributed by atoms with Gasteiger partial charge in [-0.05, 0) is 44.7 Å². The first-order valence-electron chi connectivity index (χ1n) is 9.03. The molecule has 22 heavy (non-hydrogen) atoms. The van der Waals surface area contributed by atoms with Crippen LogP contribution in [0.4, 0.5) is 0 Å². The molecule has 0 unspecified atom stereocenters. The van der Waals surface area contributed by atoms with Crippen molar-refractivity contribution in [2.24, 2.45) is 11.8 Å². The number of carbonyl (C=O) groups excluding carboxylic acids is 1. The summed E-state index contributed by atoms with van der Waals surface area (Å²) >= 11 is 0. The number of nitrogens with zero attached hydrogens (tertiary/aromatic N) is 1. The SMILES string of the molecule is O=C(CN1CCC(C2OCCO2)CC1)NCC1CCCCC1. The molecule has 0 aromatic carbocycles. The van der Waals surface area contributed by atoms with Gasteiger partial charge < -0.3 is 14.8 Å². The summed E-state index contributed by atoms with van der Waals surface area (Å²) in [7, 11) is 0. The van der Waals surface area contributed by atoms with Crippen molar-refractivity contribution in [2.75, 3.05) is 39.4 Å². The van der Waals surface area contributed by atoms with E-state index in [4.69, 9.17) is 9.47 Å². The number of carbonyl (C=O) groups is 1. The van der Waals surface area contributed by atoms with Crippen molar-refractivity contribution in [2.45, 2.75) is 51.2 Å². The molecule has 2 heterocycles. The molecule has 5 nitrogen and oxygen atoms in total. The van der Waals surface area contributed by atoms with E-state index in [1.165, 1.54) is 32.1 Å². The molecule has 1 amide bonds. The monoisotopic (exact) mass is 310 g/mol. The number of piperidine rings is 1. The minimum atomic E-state index is 0.00211. The van der Waals surface area contributed by atoms with Crippen LogP contribution in [0.5, 0.6) is 0 Å². The molecule has 0 aromatic heterocycles. The third-order valence-corrected chi connectivity index (χ3v) is 5.34. The molecule has 0 atom stereocenters. The maximum Gasteiger partial charge on any atom is 0.234 e. The van der Waals surface area contributed by atoms with Crippen LogP contribution in [0, 0.1) is 11.8 Å². The number of ether oxygens (including phenoxy) is 2. The molecule has 1 aliphatic carbocycles. The van der Waals surface area contributed by atoms with Crippen LogP contribution in [0.3, 0.4) is 0 Å². The van der Waals surface area contributed by atoms with Crippen LogP contribution in [0.2, 0.25) is 0 Å². The van der Waals surface area contributed by atoms with Gasteiger partial charge in [0, 0.05) is 12.5 Å². The van der Waals surface area contributed by atoms with Gasteiger partial charge in [-0.1, -0.05) is 19.3 Å². The number of rotatable bonds is 5. The lowest BCUT2D eigenvalue weighted by molar-refractivity contribution is -0.124. The average molecular weight is 310 g/mol. The van der Waals surface area contributed by atoms with E-state index in [2.05, 4.69) is 10.2 Å². The van der Waals surface area contributed by atoms with Gasteiger partial charge in [-0.2, -0.15) is 0 Å². The molecule has 5 heteroatoms. The topological polar surface area (TPSA) is 50.8 Å². The predicted octanol–water partition coefficient (Wildman–Crippen LogP) is 1.77. The highest BCUT2D eigenvalue weighted by atomic mass is 16.7. The number of nitrogens with one attached hydrogen (secondary N) is 1. The van der Waals surface area contributed by atoms with E-state index in [-0.39, 0.29) is 12.2 Å². The maximum atomic E-state index is 12.1. The lowest BCUT2D eigenvalue weighted by atomic mass is 9.89. The van der Waals surface area contributed by atoms with Crippen molar-refractivity contribution in [1.82, 2.24) is 10.2 Å². The quantitative estimate of drug-likeness (QED) is 0.841. The minimum Gasteiger partial charge on any atom is -0.355 e. The largest absolute Gasteiger partial charge is 0.355 e. The van der Waals surface area contributed by atoms with Gasteiger partial charge in [-0.3, -0.25) is 9.69 Å². The van der Waals surface area contributed by atoms with Gasteiger partial charge in [-0.25, -0.2) is 0 Å². The summed E-state index contributed by atoms with van der Waals surface area (Å²) in [5, 5.41) is 3.14. The Morgan fingerprint density at radius 2 is 1.68 bits per heavy atom. The fourth-order valence-electron chi connectivity index (χ4n) is 3.94. The average Bonchev–Trinajstić information content (AvgIpc) is 3.09.